The minimum Gasteiger partial charge on any atom is -0.371 e. The second-order valence-electron chi connectivity index (χ2n) is 11.4. The number of nitrogens with zero attached hydrogens (tertiary/aromatic N) is 2. The predicted molar refractivity (Wildman–Crippen MR) is 157 cm³/mol. The molecule has 7 N–H and O–H groups in total. The fourth-order valence-electron chi connectivity index (χ4n) is 6.25. The van der Waals surface area contributed by atoms with E-state index in [2.05, 4.69) is 16.7 Å². The van der Waals surface area contributed by atoms with Crippen LogP contribution in [-0.2, 0) is 23.1 Å². The first-order chi connectivity index (χ1) is 19.5. The number of nitrogens with two attached hydrogens (primary N) is 2. The SMILES string of the molecule is CC(C)NC(=N)C1(C[C@H](C)NCC(=O)N2CCCC2C#N)c2ccc(C(N)=O)cc2CCc2cc(C(N)=O)ccc21. The molecule has 41 heavy (non-hydrogen) atoms. The maximum absolute atomic E-state index is 13.0. The molecule has 2 aromatic rings. The first-order valence-corrected chi connectivity index (χ1v) is 14.1. The van der Waals surface area contributed by atoms with Gasteiger partial charge in [-0.05, 0) is 99.4 Å². The molecular weight excluding hydrogens is 518 g/mol. The molecule has 2 aromatic carbocycles. The van der Waals surface area contributed by atoms with Crippen LogP contribution >= 0.6 is 0 Å². The van der Waals surface area contributed by atoms with E-state index in [4.69, 9.17) is 11.5 Å². The number of primary amides is 2. The number of nitrogens with one attached hydrogen (secondary N) is 3. The Balaban J connectivity index is 1.80. The molecule has 0 bridgehead atoms. The summed E-state index contributed by atoms with van der Waals surface area (Å²) in [6.07, 6.45) is 3.06. The van der Waals surface area contributed by atoms with E-state index in [1.807, 2.05) is 32.9 Å². The molecule has 1 unspecified atom stereocenters. The number of fused-ring (bicyclic) bond motifs is 2. The second kappa shape index (κ2) is 12.1. The van der Waals surface area contributed by atoms with Crippen molar-refractivity contribution in [2.75, 3.05) is 13.1 Å². The fraction of sp³-hybridized carbons (Fsp3) is 0.452. The number of hydrogen-bond acceptors (Lipinski definition) is 6. The van der Waals surface area contributed by atoms with Crippen molar-refractivity contribution in [1.29, 1.82) is 10.7 Å². The highest BCUT2D eigenvalue weighted by Gasteiger charge is 2.45. The Morgan fingerprint density at radius 2 is 1.61 bits per heavy atom. The largest absolute Gasteiger partial charge is 0.371 e. The molecule has 1 saturated heterocycles. The van der Waals surface area contributed by atoms with Gasteiger partial charge in [-0.15, -0.1) is 0 Å². The Kier molecular flexibility index (Phi) is 8.78. The maximum Gasteiger partial charge on any atom is 0.248 e. The molecule has 4 rings (SSSR count). The maximum atomic E-state index is 13.0. The van der Waals surface area contributed by atoms with E-state index in [0.29, 0.717) is 43.4 Å². The Morgan fingerprint density at radius 3 is 2.10 bits per heavy atom. The van der Waals surface area contributed by atoms with Gasteiger partial charge in [-0.1, -0.05) is 12.1 Å². The van der Waals surface area contributed by atoms with Crippen molar-refractivity contribution in [3.8, 4) is 6.07 Å². The van der Waals surface area contributed by atoms with Crippen LogP contribution in [0.15, 0.2) is 36.4 Å². The van der Waals surface area contributed by atoms with Gasteiger partial charge in [0.05, 0.1) is 18.0 Å². The molecule has 2 aliphatic rings. The van der Waals surface area contributed by atoms with Gasteiger partial charge in [0, 0.05) is 29.8 Å². The number of aryl methyl sites for hydroxylation is 2. The van der Waals surface area contributed by atoms with Crippen molar-refractivity contribution in [2.24, 2.45) is 11.5 Å². The summed E-state index contributed by atoms with van der Waals surface area (Å²) in [5, 5.41) is 25.6. The summed E-state index contributed by atoms with van der Waals surface area (Å²) in [6, 6.07) is 12.3. The number of nitriles is 1. The third-order valence-corrected chi connectivity index (χ3v) is 8.16. The molecule has 0 saturated carbocycles. The third kappa shape index (κ3) is 5.95. The lowest BCUT2D eigenvalue weighted by atomic mass is 9.67. The number of rotatable bonds is 9. The van der Waals surface area contributed by atoms with E-state index in [1.165, 1.54) is 0 Å². The average molecular weight is 558 g/mol. The highest BCUT2D eigenvalue weighted by molar-refractivity contribution is 5.98. The standard InChI is InChI=1S/C31H39N7O3/c1-18(2)37-30(35)31(15-19(3)36-17-27(39)38-12-4-5-24(38)16-32)25-10-8-22(28(33)40)13-20(25)6-7-21-14-23(29(34)41)9-11-26(21)31/h8-11,13-14,18-19,24,36H,4-7,12,15,17H2,1-3H3,(H2,33,40)(H2,34,41)(H2,35,37)/t19-,24?/m0/s1. The summed E-state index contributed by atoms with van der Waals surface area (Å²) in [4.78, 5) is 38.8. The molecule has 0 spiro atoms. The quantitative estimate of drug-likeness (QED) is 0.233. The molecule has 1 fully saturated rings. The predicted octanol–water partition coefficient (Wildman–Crippen LogP) is 2.13. The van der Waals surface area contributed by atoms with E-state index in [1.54, 1.807) is 29.2 Å². The second-order valence-corrected chi connectivity index (χ2v) is 11.4. The zero-order chi connectivity index (χ0) is 29.9. The van der Waals surface area contributed by atoms with Crippen molar-refractivity contribution in [3.63, 3.8) is 0 Å². The molecule has 3 amide bonds. The number of carbonyl (C=O) groups excluding carboxylic acids is 3. The normalized spacial score (nSPS) is 18.0. The van der Waals surface area contributed by atoms with Gasteiger partial charge < -0.3 is 27.0 Å². The summed E-state index contributed by atoms with van der Waals surface area (Å²) in [5.74, 6) is -0.904. The smallest absolute Gasteiger partial charge is 0.248 e. The summed E-state index contributed by atoms with van der Waals surface area (Å²) in [6.45, 7) is 6.56. The molecule has 2 atom stereocenters. The van der Waals surface area contributed by atoms with Crippen molar-refractivity contribution in [1.82, 2.24) is 15.5 Å². The molecule has 1 aliphatic carbocycles. The Labute approximate surface area is 241 Å². The van der Waals surface area contributed by atoms with Gasteiger partial charge in [-0.3, -0.25) is 19.8 Å². The van der Waals surface area contributed by atoms with Crippen LogP contribution in [0.1, 0.15) is 83.0 Å². The Bertz CT molecular complexity index is 1350. The topological polar surface area (TPSA) is 178 Å². The van der Waals surface area contributed by atoms with Gasteiger partial charge in [-0.25, -0.2) is 0 Å². The Hall–Kier alpha value is -4.23. The van der Waals surface area contributed by atoms with Crippen LogP contribution in [-0.4, -0.2) is 59.7 Å². The average Bonchev–Trinajstić information content (AvgIpc) is 3.37. The molecule has 1 heterocycles. The van der Waals surface area contributed by atoms with Crippen LogP contribution in [0.25, 0.3) is 0 Å². The van der Waals surface area contributed by atoms with E-state index in [-0.39, 0.29) is 30.4 Å². The summed E-state index contributed by atoms with van der Waals surface area (Å²) < 4.78 is 0. The van der Waals surface area contributed by atoms with Crippen LogP contribution in [0.3, 0.4) is 0 Å². The molecule has 10 nitrogen and oxygen atoms in total. The summed E-state index contributed by atoms with van der Waals surface area (Å²) in [5.41, 5.74) is 14.6. The van der Waals surface area contributed by atoms with Gasteiger partial charge in [0.2, 0.25) is 17.7 Å². The first-order valence-electron chi connectivity index (χ1n) is 14.1. The summed E-state index contributed by atoms with van der Waals surface area (Å²) in [7, 11) is 0. The zero-order valence-corrected chi connectivity index (χ0v) is 23.9. The fourth-order valence-corrected chi connectivity index (χ4v) is 6.25. The van der Waals surface area contributed by atoms with E-state index >= 15 is 0 Å². The highest BCUT2D eigenvalue weighted by Crippen LogP contribution is 2.44. The molecule has 0 radical (unpaired) electrons. The van der Waals surface area contributed by atoms with E-state index in [0.717, 1.165) is 28.7 Å². The van der Waals surface area contributed by atoms with E-state index < -0.39 is 23.3 Å². The van der Waals surface area contributed by atoms with Crippen molar-refractivity contribution in [3.05, 3.63) is 69.8 Å². The van der Waals surface area contributed by atoms with Crippen LogP contribution < -0.4 is 22.1 Å². The van der Waals surface area contributed by atoms with Crippen molar-refractivity contribution in [2.45, 2.75) is 76.4 Å². The number of likely N-dealkylation sites (tertiary alicyclic amines) is 1. The molecule has 10 heteroatoms. The monoisotopic (exact) mass is 557 g/mol. The van der Waals surface area contributed by atoms with Gasteiger partial charge >= 0.3 is 0 Å². The van der Waals surface area contributed by atoms with Gasteiger partial charge in [-0.2, -0.15) is 5.26 Å². The third-order valence-electron chi connectivity index (χ3n) is 8.16. The number of amides is 3. The lowest BCUT2D eigenvalue weighted by Crippen LogP contribution is -2.51. The summed E-state index contributed by atoms with van der Waals surface area (Å²) >= 11 is 0. The molecular formula is C31H39N7O3. The highest BCUT2D eigenvalue weighted by atomic mass is 16.2. The van der Waals surface area contributed by atoms with Crippen LogP contribution in [0.2, 0.25) is 0 Å². The lowest BCUT2D eigenvalue weighted by Gasteiger charge is -2.40. The van der Waals surface area contributed by atoms with E-state index in [9.17, 15) is 25.1 Å². The van der Waals surface area contributed by atoms with Crippen LogP contribution in [0, 0.1) is 16.7 Å². The van der Waals surface area contributed by atoms with Crippen LogP contribution in [0.4, 0.5) is 0 Å². The minimum absolute atomic E-state index is 0.0350. The molecule has 0 aromatic heterocycles. The van der Waals surface area contributed by atoms with Crippen LogP contribution in [0.5, 0.6) is 0 Å². The first kappa shape index (κ1) is 29.7. The van der Waals surface area contributed by atoms with Gasteiger partial charge in [0.1, 0.15) is 11.9 Å². The zero-order valence-electron chi connectivity index (χ0n) is 23.9. The number of hydrogen-bond donors (Lipinski definition) is 5. The number of benzene rings is 2. The van der Waals surface area contributed by atoms with Gasteiger partial charge in [0.25, 0.3) is 0 Å². The lowest BCUT2D eigenvalue weighted by molar-refractivity contribution is -0.130. The van der Waals surface area contributed by atoms with Crippen molar-refractivity contribution >= 4 is 23.6 Å². The number of amidine groups is 1. The minimum atomic E-state index is -0.990. The Morgan fingerprint density at radius 1 is 1.05 bits per heavy atom. The molecule has 1 aliphatic heterocycles. The van der Waals surface area contributed by atoms with Crippen molar-refractivity contribution < 1.29 is 14.4 Å². The molecule has 216 valence electrons. The van der Waals surface area contributed by atoms with Gasteiger partial charge in [0.15, 0.2) is 0 Å². The number of carbonyl (C=O) groups is 3.